The van der Waals surface area contributed by atoms with Crippen LogP contribution in [0.25, 0.3) is 0 Å². The SMILES string of the molecule is Cc1cccc(NC(=O)C2CNNN2)c1C. The highest BCUT2D eigenvalue weighted by Crippen LogP contribution is 2.17. The first-order valence-corrected chi connectivity index (χ1v) is 5.29. The molecule has 4 N–H and O–H groups in total. The van der Waals surface area contributed by atoms with E-state index in [0.717, 1.165) is 11.3 Å². The largest absolute Gasteiger partial charge is 0.324 e. The number of anilines is 1. The lowest BCUT2D eigenvalue weighted by atomic mass is 10.1. The van der Waals surface area contributed by atoms with Gasteiger partial charge in [-0.05, 0) is 31.0 Å². The van der Waals surface area contributed by atoms with Gasteiger partial charge in [-0.2, -0.15) is 5.53 Å². The van der Waals surface area contributed by atoms with Crippen molar-refractivity contribution in [3.05, 3.63) is 29.3 Å². The van der Waals surface area contributed by atoms with Gasteiger partial charge in [-0.1, -0.05) is 12.1 Å². The fourth-order valence-electron chi connectivity index (χ4n) is 1.61. The van der Waals surface area contributed by atoms with Crippen molar-refractivity contribution in [3.63, 3.8) is 0 Å². The maximum atomic E-state index is 11.8. The van der Waals surface area contributed by atoms with Gasteiger partial charge in [0.2, 0.25) is 5.91 Å². The van der Waals surface area contributed by atoms with Gasteiger partial charge in [0.1, 0.15) is 6.04 Å². The molecule has 1 unspecified atom stereocenters. The van der Waals surface area contributed by atoms with Crippen molar-refractivity contribution in [2.75, 3.05) is 11.9 Å². The Hall–Kier alpha value is -1.43. The number of hydrazine groups is 2. The standard InChI is InChI=1S/C11H16N4O/c1-7-4-3-5-9(8(7)2)13-11(16)10-6-12-15-14-10/h3-5,10,12,14-15H,6H2,1-2H3,(H,13,16). The summed E-state index contributed by atoms with van der Waals surface area (Å²) in [4.78, 5) is 11.8. The molecule has 1 aliphatic heterocycles. The number of hydrogen-bond donors (Lipinski definition) is 4. The van der Waals surface area contributed by atoms with Gasteiger partial charge in [-0.25, -0.2) is 10.9 Å². The molecular weight excluding hydrogens is 204 g/mol. The number of carbonyl (C=O) groups excluding carboxylic acids is 1. The van der Waals surface area contributed by atoms with Gasteiger partial charge in [0, 0.05) is 12.2 Å². The third-order valence-corrected chi connectivity index (χ3v) is 2.82. The van der Waals surface area contributed by atoms with Crippen LogP contribution in [-0.2, 0) is 4.79 Å². The lowest BCUT2D eigenvalue weighted by Gasteiger charge is -2.13. The predicted molar refractivity (Wildman–Crippen MR) is 62.6 cm³/mol. The Balaban J connectivity index is 2.08. The van der Waals surface area contributed by atoms with Crippen LogP contribution in [0.3, 0.4) is 0 Å². The minimum Gasteiger partial charge on any atom is -0.324 e. The fourth-order valence-corrected chi connectivity index (χ4v) is 1.61. The van der Waals surface area contributed by atoms with Gasteiger partial charge >= 0.3 is 0 Å². The molecule has 0 radical (unpaired) electrons. The second-order valence-corrected chi connectivity index (χ2v) is 3.94. The van der Waals surface area contributed by atoms with Crippen molar-refractivity contribution < 1.29 is 4.79 Å². The molecule has 16 heavy (non-hydrogen) atoms. The van der Waals surface area contributed by atoms with Crippen LogP contribution in [0, 0.1) is 13.8 Å². The zero-order chi connectivity index (χ0) is 11.5. The molecule has 2 rings (SSSR count). The lowest BCUT2D eigenvalue weighted by Crippen LogP contribution is -2.41. The Morgan fingerprint density at radius 2 is 2.25 bits per heavy atom. The maximum absolute atomic E-state index is 11.8. The highest BCUT2D eigenvalue weighted by Gasteiger charge is 2.22. The highest BCUT2D eigenvalue weighted by atomic mass is 16.2. The lowest BCUT2D eigenvalue weighted by molar-refractivity contribution is -0.117. The van der Waals surface area contributed by atoms with E-state index in [-0.39, 0.29) is 11.9 Å². The second-order valence-electron chi connectivity index (χ2n) is 3.94. The summed E-state index contributed by atoms with van der Waals surface area (Å²) in [5.41, 5.74) is 11.5. The average Bonchev–Trinajstić information content (AvgIpc) is 2.78. The number of nitrogens with one attached hydrogen (secondary N) is 4. The summed E-state index contributed by atoms with van der Waals surface area (Å²) in [6.45, 7) is 4.61. The zero-order valence-electron chi connectivity index (χ0n) is 9.42. The van der Waals surface area contributed by atoms with Gasteiger partial charge in [-0.3, -0.25) is 4.79 Å². The Labute approximate surface area is 94.6 Å². The molecule has 0 aromatic heterocycles. The number of benzene rings is 1. The third-order valence-electron chi connectivity index (χ3n) is 2.82. The van der Waals surface area contributed by atoms with Crippen LogP contribution < -0.4 is 21.7 Å². The summed E-state index contributed by atoms with van der Waals surface area (Å²) >= 11 is 0. The van der Waals surface area contributed by atoms with Crippen LogP contribution in [0.2, 0.25) is 0 Å². The molecule has 86 valence electrons. The Morgan fingerprint density at radius 3 is 2.94 bits per heavy atom. The van der Waals surface area contributed by atoms with Crippen LogP contribution >= 0.6 is 0 Å². The maximum Gasteiger partial charge on any atom is 0.244 e. The molecule has 1 saturated heterocycles. The molecule has 5 nitrogen and oxygen atoms in total. The molecule has 0 saturated carbocycles. The summed E-state index contributed by atoms with van der Waals surface area (Å²) in [6.07, 6.45) is 0. The van der Waals surface area contributed by atoms with E-state index >= 15 is 0 Å². The number of hydrogen-bond acceptors (Lipinski definition) is 4. The predicted octanol–water partition coefficient (Wildman–Crippen LogP) is 0.223. The van der Waals surface area contributed by atoms with Crippen molar-refractivity contribution in [1.29, 1.82) is 0 Å². The molecule has 1 fully saturated rings. The summed E-state index contributed by atoms with van der Waals surface area (Å²) in [6, 6.07) is 5.65. The first-order chi connectivity index (χ1) is 7.68. The van der Waals surface area contributed by atoms with Crippen LogP contribution in [0.4, 0.5) is 5.69 Å². The summed E-state index contributed by atoms with van der Waals surface area (Å²) in [5.74, 6) is -0.0359. The van der Waals surface area contributed by atoms with E-state index in [2.05, 4.69) is 21.7 Å². The van der Waals surface area contributed by atoms with E-state index in [1.807, 2.05) is 32.0 Å². The molecule has 1 aliphatic rings. The molecule has 0 bridgehead atoms. The topological polar surface area (TPSA) is 65.2 Å². The molecule has 1 heterocycles. The third kappa shape index (κ3) is 2.21. The van der Waals surface area contributed by atoms with E-state index in [0.29, 0.717) is 6.54 Å². The van der Waals surface area contributed by atoms with Crippen LogP contribution in [0.1, 0.15) is 11.1 Å². The van der Waals surface area contributed by atoms with E-state index in [4.69, 9.17) is 0 Å². The molecule has 1 aromatic carbocycles. The van der Waals surface area contributed by atoms with Crippen molar-refractivity contribution in [2.45, 2.75) is 19.9 Å². The zero-order valence-corrected chi connectivity index (χ0v) is 9.42. The normalized spacial score (nSPS) is 19.8. The molecule has 1 atom stereocenters. The van der Waals surface area contributed by atoms with E-state index in [9.17, 15) is 4.79 Å². The van der Waals surface area contributed by atoms with E-state index < -0.39 is 0 Å². The smallest absolute Gasteiger partial charge is 0.244 e. The Bertz CT molecular complexity index is 399. The number of rotatable bonds is 2. The molecular formula is C11H16N4O. The van der Waals surface area contributed by atoms with Gasteiger partial charge in [0.05, 0.1) is 0 Å². The molecule has 0 spiro atoms. The van der Waals surface area contributed by atoms with Crippen molar-refractivity contribution in [1.82, 2.24) is 16.4 Å². The average molecular weight is 220 g/mol. The fraction of sp³-hybridized carbons (Fsp3) is 0.364. The second kappa shape index (κ2) is 4.61. The minimum atomic E-state index is -0.236. The Kier molecular flexibility index (Phi) is 3.19. The summed E-state index contributed by atoms with van der Waals surface area (Å²) in [5, 5.41) is 2.91. The molecule has 5 heteroatoms. The van der Waals surface area contributed by atoms with Gasteiger partial charge < -0.3 is 5.32 Å². The molecule has 1 aromatic rings. The van der Waals surface area contributed by atoms with Gasteiger partial charge in [0.25, 0.3) is 0 Å². The highest BCUT2D eigenvalue weighted by molar-refractivity contribution is 5.95. The summed E-state index contributed by atoms with van der Waals surface area (Å²) in [7, 11) is 0. The quantitative estimate of drug-likeness (QED) is 0.576. The van der Waals surface area contributed by atoms with Crippen molar-refractivity contribution in [2.24, 2.45) is 0 Å². The number of carbonyl (C=O) groups is 1. The summed E-state index contributed by atoms with van der Waals surface area (Å²) < 4.78 is 0. The molecule has 0 aliphatic carbocycles. The molecule has 1 amide bonds. The van der Waals surface area contributed by atoms with Crippen molar-refractivity contribution >= 4 is 11.6 Å². The van der Waals surface area contributed by atoms with Gasteiger partial charge in [0.15, 0.2) is 0 Å². The van der Waals surface area contributed by atoms with Crippen LogP contribution in [0.5, 0.6) is 0 Å². The Morgan fingerprint density at radius 1 is 1.44 bits per heavy atom. The van der Waals surface area contributed by atoms with Crippen molar-refractivity contribution in [3.8, 4) is 0 Å². The monoisotopic (exact) mass is 220 g/mol. The minimum absolute atomic E-state index is 0.0359. The number of aryl methyl sites for hydroxylation is 1. The first-order valence-electron chi connectivity index (χ1n) is 5.29. The van der Waals surface area contributed by atoms with Crippen LogP contribution in [0.15, 0.2) is 18.2 Å². The first kappa shape index (κ1) is 11.1. The van der Waals surface area contributed by atoms with Gasteiger partial charge in [-0.15, -0.1) is 0 Å². The van der Waals surface area contributed by atoms with E-state index in [1.54, 1.807) is 0 Å². The van der Waals surface area contributed by atoms with Crippen LogP contribution in [-0.4, -0.2) is 18.5 Å². The number of amides is 1. The van der Waals surface area contributed by atoms with E-state index in [1.165, 1.54) is 5.56 Å².